The van der Waals surface area contributed by atoms with Gasteiger partial charge in [0.15, 0.2) is 10.9 Å². The number of thiazole rings is 1. The van der Waals surface area contributed by atoms with Gasteiger partial charge in [0.1, 0.15) is 0 Å². The Labute approximate surface area is 180 Å². The van der Waals surface area contributed by atoms with Crippen LogP contribution in [0.15, 0.2) is 90.3 Å². The summed E-state index contributed by atoms with van der Waals surface area (Å²) in [5.74, 6) is 0.0167. The summed E-state index contributed by atoms with van der Waals surface area (Å²) < 4.78 is 0. The number of ketones is 1. The molecule has 0 aliphatic rings. The molecule has 150 valence electrons. The highest BCUT2D eigenvalue weighted by atomic mass is 32.1. The minimum atomic E-state index is -0.0946. The van der Waals surface area contributed by atoms with E-state index in [2.05, 4.69) is 22.4 Å². The molecule has 1 heterocycles. The molecular formula is C25H23N3OS. The molecule has 0 spiro atoms. The van der Waals surface area contributed by atoms with Gasteiger partial charge in [0, 0.05) is 28.2 Å². The van der Waals surface area contributed by atoms with Crippen LogP contribution in [0.25, 0.3) is 0 Å². The van der Waals surface area contributed by atoms with Gasteiger partial charge in [-0.25, -0.2) is 4.98 Å². The quantitative estimate of drug-likeness (QED) is 0.361. The molecule has 1 atom stereocenters. The van der Waals surface area contributed by atoms with Gasteiger partial charge in [-0.2, -0.15) is 0 Å². The number of rotatable bonds is 8. The molecule has 0 radical (unpaired) electrons. The summed E-state index contributed by atoms with van der Waals surface area (Å²) in [6.07, 6.45) is 1.78. The Balaban J connectivity index is 1.36. The van der Waals surface area contributed by atoms with Crippen LogP contribution < -0.4 is 11.1 Å². The van der Waals surface area contributed by atoms with Crippen LogP contribution in [-0.2, 0) is 6.42 Å². The molecule has 4 nitrogen and oxygen atoms in total. The number of anilines is 2. The van der Waals surface area contributed by atoms with Gasteiger partial charge in [-0.3, -0.25) is 4.79 Å². The molecule has 30 heavy (non-hydrogen) atoms. The number of benzene rings is 3. The smallest absolute Gasteiger partial charge is 0.193 e. The Kier molecular flexibility index (Phi) is 6.32. The molecule has 0 aliphatic carbocycles. The standard InChI is InChI=1S/C25H23N3OS/c26-22(16-11-18-7-3-1-4-8-18)23-17-30-25(28-23)27-21-14-12-20(13-15-21)24(29)19-9-5-2-6-10-19/h1-10,12-15,17,22H,11,16,26H2,(H,27,28). The molecule has 0 saturated carbocycles. The minimum absolute atomic E-state index is 0.0167. The molecule has 5 heteroatoms. The maximum atomic E-state index is 12.5. The lowest BCUT2D eigenvalue weighted by atomic mass is 10.0. The average molecular weight is 414 g/mol. The lowest BCUT2D eigenvalue weighted by molar-refractivity contribution is 0.103. The van der Waals surface area contributed by atoms with Crippen LogP contribution in [0.4, 0.5) is 10.8 Å². The van der Waals surface area contributed by atoms with Gasteiger partial charge >= 0.3 is 0 Å². The fraction of sp³-hybridized carbons (Fsp3) is 0.120. The number of hydrogen-bond donors (Lipinski definition) is 2. The molecule has 1 unspecified atom stereocenters. The SMILES string of the molecule is NC(CCc1ccccc1)c1csc(Nc2ccc(C(=O)c3ccccc3)cc2)n1. The summed E-state index contributed by atoms with van der Waals surface area (Å²) in [4.78, 5) is 17.2. The first-order valence-corrected chi connectivity index (χ1v) is 10.8. The minimum Gasteiger partial charge on any atom is -0.332 e. The first-order valence-electron chi connectivity index (χ1n) is 9.91. The number of carbonyl (C=O) groups is 1. The Morgan fingerprint density at radius 2 is 1.53 bits per heavy atom. The summed E-state index contributed by atoms with van der Waals surface area (Å²) in [6, 6.07) is 27.0. The van der Waals surface area contributed by atoms with E-state index in [-0.39, 0.29) is 11.8 Å². The first-order chi connectivity index (χ1) is 14.7. The van der Waals surface area contributed by atoms with Crippen molar-refractivity contribution in [3.8, 4) is 0 Å². The zero-order chi connectivity index (χ0) is 20.8. The average Bonchev–Trinajstić information content (AvgIpc) is 3.27. The van der Waals surface area contributed by atoms with Gasteiger partial charge in [-0.1, -0.05) is 60.7 Å². The summed E-state index contributed by atoms with van der Waals surface area (Å²) in [5, 5.41) is 6.10. The third-order valence-electron chi connectivity index (χ3n) is 4.92. The number of nitrogens with zero attached hydrogens (tertiary/aromatic N) is 1. The van der Waals surface area contributed by atoms with Crippen LogP contribution in [-0.4, -0.2) is 10.8 Å². The van der Waals surface area contributed by atoms with E-state index >= 15 is 0 Å². The fourth-order valence-corrected chi connectivity index (χ4v) is 4.01. The second-order valence-electron chi connectivity index (χ2n) is 7.11. The number of hydrogen-bond acceptors (Lipinski definition) is 5. The van der Waals surface area contributed by atoms with Gasteiger partial charge < -0.3 is 11.1 Å². The van der Waals surface area contributed by atoms with Crippen LogP contribution in [0, 0.1) is 0 Å². The Morgan fingerprint density at radius 3 is 2.23 bits per heavy atom. The highest BCUT2D eigenvalue weighted by Gasteiger charge is 2.12. The predicted octanol–water partition coefficient (Wildman–Crippen LogP) is 5.75. The third-order valence-corrected chi connectivity index (χ3v) is 5.70. The van der Waals surface area contributed by atoms with Crippen molar-refractivity contribution in [1.29, 1.82) is 0 Å². The predicted molar refractivity (Wildman–Crippen MR) is 123 cm³/mol. The number of nitrogens with one attached hydrogen (secondary N) is 1. The summed E-state index contributed by atoms with van der Waals surface area (Å²) in [7, 11) is 0. The summed E-state index contributed by atoms with van der Waals surface area (Å²) in [5.41, 5.74) is 10.8. The molecular weight excluding hydrogens is 390 g/mol. The molecule has 4 rings (SSSR count). The van der Waals surface area contributed by atoms with E-state index in [1.807, 2.05) is 78.2 Å². The van der Waals surface area contributed by atoms with Crippen LogP contribution in [0.2, 0.25) is 0 Å². The molecule has 4 aromatic rings. The monoisotopic (exact) mass is 413 g/mol. The van der Waals surface area contributed by atoms with Crippen molar-refractivity contribution in [2.45, 2.75) is 18.9 Å². The van der Waals surface area contributed by atoms with Crippen LogP contribution in [0.5, 0.6) is 0 Å². The molecule has 3 N–H and O–H groups in total. The molecule has 0 saturated heterocycles. The van der Waals surface area contributed by atoms with E-state index in [1.165, 1.54) is 16.9 Å². The third kappa shape index (κ3) is 5.00. The molecule has 0 aliphatic heterocycles. The van der Waals surface area contributed by atoms with Crippen molar-refractivity contribution < 1.29 is 4.79 Å². The Bertz CT molecular complexity index is 1090. The number of aromatic nitrogens is 1. The van der Waals surface area contributed by atoms with E-state index in [4.69, 9.17) is 5.73 Å². The second kappa shape index (κ2) is 9.48. The van der Waals surface area contributed by atoms with Crippen molar-refractivity contribution in [2.75, 3.05) is 5.32 Å². The van der Waals surface area contributed by atoms with E-state index in [9.17, 15) is 4.79 Å². The van der Waals surface area contributed by atoms with E-state index in [0.29, 0.717) is 11.1 Å². The first kappa shape index (κ1) is 20.0. The summed E-state index contributed by atoms with van der Waals surface area (Å²) >= 11 is 1.53. The van der Waals surface area contributed by atoms with Crippen molar-refractivity contribution in [3.05, 3.63) is 113 Å². The lowest BCUT2D eigenvalue weighted by Crippen LogP contribution is -2.11. The van der Waals surface area contributed by atoms with Gasteiger partial charge in [0.25, 0.3) is 0 Å². The van der Waals surface area contributed by atoms with E-state index in [0.717, 1.165) is 29.4 Å². The largest absolute Gasteiger partial charge is 0.332 e. The zero-order valence-corrected chi connectivity index (χ0v) is 17.3. The molecule has 0 amide bonds. The normalized spacial score (nSPS) is 11.8. The van der Waals surface area contributed by atoms with Crippen molar-refractivity contribution in [2.24, 2.45) is 5.73 Å². The Morgan fingerprint density at radius 1 is 0.900 bits per heavy atom. The molecule has 0 fully saturated rings. The number of carbonyl (C=O) groups excluding carboxylic acids is 1. The fourth-order valence-electron chi connectivity index (χ4n) is 3.21. The summed E-state index contributed by atoms with van der Waals surface area (Å²) in [6.45, 7) is 0. The lowest BCUT2D eigenvalue weighted by Gasteiger charge is -2.09. The number of aryl methyl sites for hydroxylation is 1. The van der Waals surface area contributed by atoms with Crippen LogP contribution in [0.1, 0.15) is 39.6 Å². The topological polar surface area (TPSA) is 68.0 Å². The van der Waals surface area contributed by atoms with Crippen molar-refractivity contribution >= 4 is 27.9 Å². The highest BCUT2D eigenvalue weighted by Crippen LogP contribution is 2.25. The van der Waals surface area contributed by atoms with Crippen LogP contribution >= 0.6 is 11.3 Å². The highest BCUT2D eigenvalue weighted by molar-refractivity contribution is 7.13. The number of nitrogens with two attached hydrogens (primary N) is 1. The second-order valence-corrected chi connectivity index (χ2v) is 7.96. The van der Waals surface area contributed by atoms with Gasteiger partial charge in [-0.05, 0) is 42.7 Å². The van der Waals surface area contributed by atoms with Crippen molar-refractivity contribution in [1.82, 2.24) is 4.98 Å². The van der Waals surface area contributed by atoms with E-state index < -0.39 is 0 Å². The maximum Gasteiger partial charge on any atom is 0.193 e. The van der Waals surface area contributed by atoms with Gasteiger partial charge in [0.2, 0.25) is 0 Å². The van der Waals surface area contributed by atoms with Crippen molar-refractivity contribution in [3.63, 3.8) is 0 Å². The molecule has 1 aromatic heterocycles. The molecule has 3 aromatic carbocycles. The van der Waals surface area contributed by atoms with Crippen LogP contribution in [0.3, 0.4) is 0 Å². The van der Waals surface area contributed by atoms with E-state index in [1.54, 1.807) is 0 Å². The van der Waals surface area contributed by atoms with Gasteiger partial charge in [0.05, 0.1) is 5.69 Å². The zero-order valence-electron chi connectivity index (χ0n) is 16.5. The Hall–Kier alpha value is -3.28. The molecule has 0 bridgehead atoms. The van der Waals surface area contributed by atoms with Gasteiger partial charge in [-0.15, -0.1) is 11.3 Å². The maximum absolute atomic E-state index is 12.5.